The van der Waals surface area contributed by atoms with Crippen LogP contribution in [-0.2, 0) is 0 Å². The monoisotopic (exact) mass is 102 g/mol. The zero-order chi connectivity index (χ0) is 4.41. The molecule has 0 aromatic carbocycles. The fraction of sp³-hybridized carbons (Fsp3) is 0. The van der Waals surface area contributed by atoms with Gasteiger partial charge in [-0.1, -0.05) is 11.3 Å². The Hall–Kier alpha value is -0.640. The molecule has 1 aromatic rings. The van der Waals surface area contributed by atoms with Crippen molar-refractivity contribution in [3.05, 3.63) is 11.0 Å². The van der Waals surface area contributed by atoms with Gasteiger partial charge in [0, 0.05) is 9.89 Å². The summed E-state index contributed by atoms with van der Waals surface area (Å²) in [5.74, 6) is 5.09. The highest BCUT2D eigenvalue weighted by Gasteiger charge is 1.85. The molecule has 0 aliphatic rings. The number of nitrogens with two attached hydrogens (primary N) is 1. The maximum atomic E-state index is 5.09. The van der Waals surface area contributed by atoms with E-state index in [1.165, 1.54) is 16.1 Å². The van der Waals surface area contributed by atoms with Gasteiger partial charge in [-0.05, 0) is 0 Å². The van der Waals surface area contributed by atoms with Crippen LogP contribution in [0.1, 0.15) is 0 Å². The van der Waals surface area contributed by atoms with Crippen molar-refractivity contribution in [2.24, 2.45) is 0 Å². The van der Waals surface area contributed by atoms with Crippen LogP contribution in [0.5, 0.6) is 0 Å². The summed E-state index contributed by atoms with van der Waals surface area (Å²) < 4.78 is 0. The fourth-order valence-corrected chi connectivity index (χ4v) is 0.595. The van der Waals surface area contributed by atoms with E-state index in [4.69, 9.17) is 5.84 Å². The largest absolute Gasteiger partial charge is 0.286 e. The van der Waals surface area contributed by atoms with Gasteiger partial charge in [0.15, 0.2) is 5.51 Å². The van der Waals surface area contributed by atoms with Gasteiger partial charge in [-0.2, -0.15) is 5.84 Å². The van der Waals surface area contributed by atoms with Crippen LogP contribution in [0.4, 0.5) is 0 Å². The predicted octanol–water partition coefficient (Wildman–Crippen LogP) is -0.856. The molecule has 0 aliphatic heterocycles. The average Bonchev–Trinajstić information content (AvgIpc) is 1.86. The van der Waals surface area contributed by atoms with Gasteiger partial charge in [0.25, 0.3) is 5.51 Å². The lowest BCUT2D eigenvalue weighted by Gasteiger charge is -1.59. The lowest BCUT2D eigenvalue weighted by Crippen LogP contribution is -2.44. The van der Waals surface area contributed by atoms with E-state index in [1.807, 2.05) is 0 Å². The number of hydrogen-bond donors (Lipinski definition) is 1. The van der Waals surface area contributed by atoms with Crippen molar-refractivity contribution in [1.29, 1.82) is 0 Å². The van der Waals surface area contributed by atoms with Crippen LogP contribution in [0.3, 0.4) is 0 Å². The van der Waals surface area contributed by atoms with Gasteiger partial charge >= 0.3 is 0 Å². The number of rotatable bonds is 0. The van der Waals surface area contributed by atoms with E-state index in [9.17, 15) is 0 Å². The van der Waals surface area contributed by atoms with Crippen LogP contribution < -0.4 is 10.6 Å². The summed E-state index contributed by atoms with van der Waals surface area (Å²) in [6, 6.07) is 0. The maximum absolute atomic E-state index is 5.09. The van der Waals surface area contributed by atoms with Gasteiger partial charge in [0.1, 0.15) is 0 Å². The van der Waals surface area contributed by atoms with Crippen LogP contribution in [0.15, 0.2) is 11.0 Å². The summed E-state index contributed by atoms with van der Waals surface area (Å²) in [5, 5.41) is 3.63. The molecule has 1 rings (SSSR count). The summed E-state index contributed by atoms with van der Waals surface area (Å²) in [7, 11) is 0. The molecule has 0 aliphatic carbocycles. The summed E-state index contributed by atoms with van der Waals surface area (Å²) in [6.07, 6.45) is 0. The third-order valence-corrected chi connectivity index (χ3v) is 0.964. The number of nitrogens with zero attached hydrogens (tertiary/aromatic N) is 2. The van der Waals surface area contributed by atoms with Crippen molar-refractivity contribution >= 4 is 11.3 Å². The van der Waals surface area contributed by atoms with Crippen molar-refractivity contribution < 1.29 is 4.79 Å². The van der Waals surface area contributed by atoms with E-state index in [2.05, 4.69) is 5.10 Å². The first-order chi connectivity index (χ1) is 2.89. The van der Waals surface area contributed by atoms with E-state index in [1.54, 1.807) is 11.0 Å². The molecule has 6 heavy (non-hydrogen) atoms. The first kappa shape index (κ1) is 3.55. The minimum atomic E-state index is 1.27. The highest BCUT2D eigenvalue weighted by Crippen LogP contribution is 1.77. The van der Waals surface area contributed by atoms with Crippen molar-refractivity contribution in [1.82, 2.24) is 5.10 Å². The van der Waals surface area contributed by atoms with Crippen molar-refractivity contribution in [3.63, 3.8) is 0 Å². The molecule has 0 fully saturated rings. The Morgan fingerprint density at radius 1 is 1.83 bits per heavy atom. The normalized spacial score (nSPS) is 8.67. The van der Waals surface area contributed by atoms with Gasteiger partial charge in [-0.3, -0.25) is 0 Å². The third-order valence-electron chi connectivity index (χ3n) is 0.410. The Labute approximate surface area is 39.0 Å². The van der Waals surface area contributed by atoms with E-state index < -0.39 is 0 Å². The third kappa shape index (κ3) is 0.463. The van der Waals surface area contributed by atoms with Crippen LogP contribution in [0.2, 0.25) is 0 Å². The fourth-order valence-electron chi connectivity index (χ4n) is 0.198. The molecular formula is C2H4N3S+. The quantitative estimate of drug-likeness (QED) is 0.342. The Balaban J connectivity index is 3.05. The molecule has 4 heteroatoms. The topological polar surface area (TPSA) is 42.8 Å². The minimum absolute atomic E-state index is 1.27. The second-order valence-electron chi connectivity index (χ2n) is 0.842. The molecular weight excluding hydrogens is 98.1 g/mol. The Bertz CT molecular complexity index is 112. The summed E-state index contributed by atoms with van der Waals surface area (Å²) in [4.78, 5) is 1.27. The highest BCUT2D eigenvalue weighted by molar-refractivity contribution is 7.06. The standard InChI is InChI=1S/C2H4N3S/c3-5-2-6-1-4-5/h1-2H,3H2/q+1. The van der Waals surface area contributed by atoms with Crippen LogP contribution in [0, 0.1) is 0 Å². The molecule has 0 saturated carbocycles. The molecule has 0 saturated heterocycles. The molecule has 0 spiro atoms. The summed E-state index contributed by atoms with van der Waals surface area (Å²) in [5.41, 5.74) is 3.38. The molecule has 0 radical (unpaired) electrons. The molecule has 2 N–H and O–H groups in total. The van der Waals surface area contributed by atoms with Crippen LogP contribution in [0.25, 0.3) is 0 Å². The molecule has 0 unspecified atom stereocenters. The average molecular weight is 102 g/mol. The number of aromatic nitrogens is 2. The first-order valence-corrected chi connectivity index (χ1v) is 2.39. The SMILES string of the molecule is N[n+]1cscn1. The van der Waals surface area contributed by atoms with Crippen molar-refractivity contribution in [2.75, 3.05) is 5.84 Å². The van der Waals surface area contributed by atoms with E-state index in [0.29, 0.717) is 0 Å². The summed E-state index contributed by atoms with van der Waals surface area (Å²) in [6.45, 7) is 0. The van der Waals surface area contributed by atoms with Crippen LogP contribution in [-0.4, -0.2) is 5.10 Å². The van der Waals surface area contributed by atoms with Gasteiger partial charge in [-0.25, -0.2) is 0 Å². The Morgan fingerprint density at radius 2 is 2.67 bits per heavy atom. The van der Waals surface area contributed by atoms with E-state index in [-0.39, 0.29) is 0 Å². The van der Waals surface area contributed by atoms with Crippen LogP contribution >= 0.6 is 11.3 Å². The molecule has 3 nitrogen and oxygen atoms in total. The molecule has 0 bridgehead atoms. The minimum Gasteiger partial charge on any atom is -0.180 e. The molecule has 32 valence electrons. The lowest BCUT2D eigenvalue weighted by atomic mass is 11.5. The van der Waals surface area contributed by atoms with Gasteiger partial charge in [-0.15, -0.1) is 0 Å². The lowest BCUT2D eigenvalue weighted by molar-refractivity contribution is -0.694. The predicted molar refractivity (Wildman–Crippen MR) is 22.5 cm³/mol. The molecule has 0 atom stereocenters. The highest BCUT2D eigenvalue weighted by atomic mass is 32.1. The molecule has 1 aromatic heterocycles. The number of nitrogen functional groups attached to an aromatic ring is 1. The molecule has 0 amide bonds. The van der Waals surface area contributed by atoms with Gasteiger partial charge < -0.3 is 0 Å². The zero-order valence-corrected chi connectivity index (χ0v) is 3.85. The number of hydrogen-bond acceptors (Lipinski definition) is 3. The molecule has 1 heterocycles. The van der Waals surface area contributed by atoms with Crippen molar-refractivity contribution in [2.45, 2.75) is 0 Å². The maximum Gasteiger partial charge on any atom is 0.286 e. The Kier molecular flexibility index (Phi) is 0.719. The summed E-state index contributed by atoms with van der Waals surface area (Å²) >= 11 is 1.47. The first-order valence-electron chi connectivity index (χ1n) is 1.45. The van der Waals surface area contributed by atoms with Gasteiger partial charge in [0.05, 0.1) is 0 Å². The smallest absolute Gasteiger partial charge is 0.180 e. The van der Waals surface area contributed by atoms with E-state index in [0.717, 1.165) is 0 Å². The van der Waals surface area contributed by atoms with E-state index >= 15 is 0 Å². The second kappa shape index (κ2) is 1.22. The second-order valence-corrected chi connectivity index (χ2v) is 1.54. The zero-order valence-electron chi connectivity index (χ0n) is 3.03. The van der Waals surface area contributed by atoms with Crippen molar-refractivity contribution in [3.8, 4) is 0 Å². The Morgan fingerprint density at radius 3 is 2.83 bits per heavy atom. The van der Waals surface area contributed by atoms with Gasteiger partial charge in [0.2, 0.25) is 0 Å².